The van der Waals surface area contributed by atoms with E-state index in [0.717, 1.165) is 64.9 Å². The van der Waals surface area contributed by atoms with E-state index in [4.69, 9.17) is 94.3 Å². The number of rotatable bonds is 30. The molecule has 5 unspecified atom stereocenters. The lowest BCUT2D eigenvalue weighted by Crippen LogP contribution is -2.53. The summed E-state index contributed by atoms with van der Waals surface area (Å²) < 4.78 is 133. The van der Waals surface area contributed by atoms with Crippen molar-refractivity contribution in [3.05, 3.63) is 129 Å². The topological polar surface area (TPSA) is 768 Å². The van der Waals surface area contributed by atoms with Crippen LogP contribution in [0.25, 0.3) is 22.3 Å². The maximum absolute atomic E-state index is 14.4. The molecule has 7 aromatic heterocycles. The molecule has 5 aliphatic rings. The maximum Gasteiger partial charge on any atom is 0.472 e. The molecule has 12 heterocycles. The van der Waals surface area contributed by atoms with Crippen LogP contribution < -0.4 is 56.8 Å². The Morgan fingerprint density at radius 3 is 1.16 bits per heavy atom. The lowest BCUT2D eigenvalue weighted by atomic mass is 10.0. The number of nitrogens with two attached hydrogens (primary N) is 6. The highest BCUT2D eigenvalue weighted by atomic mass is 31.2. The molecule has 23 N–H and O–H groups in total. The van der Waals surface area contributed by atoms with Crippen LogP contribution in [0.4, 0.5) is 29.1 Å². The second-order valence-corrected chi connectivity index (χ2v) is 31.0. The zero-order valence-corrected chi connectivity index (χ0v) is 60.7. The third-order valence-corrected chi connectivity index (χ3v) is 22.0. The fourth-order valence-electron chi connectivity index (χ4n) is 12.8. The molecule has 1 amide bonds. The normalized spacial score (nSPS) is 31.1. The van der Waals surface area contributed by atoms with Crippen LogP contribution in [-0.2, 0) is 89.3 Å². The summed E-state index contributed by atoms with van der Waals surface area (Å²) in [7, 11) is -23.1. The molecule has 5 saturated heterocycles. The lowest BCUT2D eigenvalue weighted by Gasteiger charge is -2.27. The lowest BCUT2D eigenvalue weighted by molar-refractivity contribution is -0.124. The fourth-order valence-corrected chi connectivity index (χ4v) is 16.6. The van der Waals surface area contributed by atoms with Crippen LogP contribution in [0.1, 0.15) is 36.7 Å². The molecule has 0 saturated carbocycles. The van der Waals surface area contributed by atoms with E-state index in [0.29, 0.717) is 14.7 Å². The number of aliphatic hydroxyl groups excluding tert-OH is 6. The number of aliphatic hydroxyl groups is 6. The van der Waals surface area contributed by atoms with Gasteiger partial charge in [0.25, 0.3) is 0 Å². The van der Waals surface area contributed by atoms with Crippen molar-refractivity contribution in [2.75, 3.05) is 61.7 Å². The van der Waals surface area contributed by atoms with Gasteiger partial charge in [0.2, 0.25) is 5.91 Å². The van der Waals surface area contributed by atoms with E-state index in [-0.39, 0.29) is 57.8 Å². The van der Waals surface area contributed by atoms with E-state index < -0.39 is 216 Å². The molecule has 0 radical (unpaired) electrons. The molecular weight excluding hydrogens is 1590 g/mol. The minimum atomic E-state index is -5.91. The molecule has 0 bridgehead atoms. The first-order valence-electron chi connectivity index (χ1n) is 33.0. The number of ether oxygens (including phenoxy) is 5. The number of carbonyl (C=O) groups excluding carboxylic acids is 1. The molecule has 0 spiro atoms. The number of imidazole rings is 2. The number of phosphoric ester groups is 4. The average Bonchev–Trinajstić information content (AvgIpc) is 1.61. The Balaban J connectivity index is 0.720. The molecule has 8 aromatic rings. The van der Waals surface area contributed by atoms with E-state index in [9.17, 15) is 87.7 Å². The number of hydrogen-bond acceptors (Lipinski definition) is 42. The van der Waals surface area contributed by atoms with Crippen molar-refractivity contribution in [2.24, 2.45) is 5.73 Å². The molecule has 56 heteroatoms. The summed E-state index contributed by atoms with van der Waals surface area (Å²) in [5.74, 6) is -1.93. The summed E-state index contributed by atoms with van der Waals surface area (Å²) in [6, 6.07) is 9.13. The Kier molecular flexibility index (Phi) is 23.8. The molecule has 112 heavy (non-hydrogen) atoms. The van der Waals surface area contributed by atoms with Crippen molar-refractivity contribution in [3.63, 3.8) is 0 Å². The Bertz CT molecular complexity index is 5160. The largest absolute Gasteiger partial charge is 0.472 e. The number of carbonyl (C=O) groups is 1. The van der Waals surface area contributed by atoms with Crippen molar-refractivity contribution >= 4 is 88.6 Å². The van der Waals surface area contributed by atoms with E-state index in [2.05, 4.69) is 50.2 Å². The van der Waals surface area contributed by atoms with Crippen molar-refractivity contribution in [1.29, 1.82) is 0 Å². The van der Waals surface area contributed by atoms with E-state index in [1.165, 1.54) is 10.9 Å². The fraction of sp³-hybridized carbons (Fsp3) is 0.482. The van der Waals surface area contributed by atoms with Crippen molar-refractivity contribution in [1.82, 2.24) is 73.0 Å². The van der Waals surface area contributed by atoms with Crippen LogP contribution in [0, 0.1) is 0 Å². The van der Waals surface area contributed by atoms with Gasteiger partial charge in [-0.25, -0.2) is 62.5 Å². The summed E-state index contributed by atoms with van der Waals surface area (Å²) in [4.78, 5) is 134. The van der Waals surface area contributed by atoms with Crippen LogP contribution in [0.5, 0.6) is 0 Å². The molecular formula is C56H71N21O31P4. The van der Waals surface area contributed by atoms with E-state index in [1.807, 2.05) is 0 Å². The number of benzene rings is 1. The number of amides is 1. The van der Waals surface area contributed by atoms with Crippen LogP contribution >= 0.6 is 31.3 Å². The van der Waals surface area contributed by atoms with Gasteiger partial charge in [-0.3, -0.25) is 63.8 Å². The summed E-state index contributed by atoms with van der Waals surface area (Å²) >= 11 is 0. The van der Waals surface area contributed by atoms with Crippen molar-refractivity contribution in [3.8, 4) is 0 Å². The number of nitrogen functional groups attached to an aromatic ring is 5. The Morgan fingerprint density at radius 1 is 0.464 bits per heavy atom. The molecule has 13 rings (SSSR count). The van der Waals surface area contributed by atoms with Crippen LogP contribution in [-0.4, -0.2) is 254 Å². The molecule has 25 atom stereocenters. The predicted octanol–water partition coefficient (Wildman–Crippen LogP) is -6.30. The average molecular weight is 1660 g/mol. The highest BCUT2D eigenvalue weighted by molar-refractivity contribution is 7.48. The molecule has 5 fully saturated rings. The smallest absolute Gasteiger partial charge is 0.394 e. The molecule has 52 nitrogen and oxygen atoms in total. The molecule has 606 valence electrons. The first-order chi connectivity index (χ1) is 53.1. The number of hydrogen-bond donors (Lipinski definition) is 17. The molecule has 5 aliphatic heterocycles. The Morgan fingerprint density at radius 2 is 0.795 bits per heavy atom. The molecule has 1 aromatic carbocycles. The number of aromatic nitrogens is 14. The summed E-state index contributed by atoms with van der Waals surface area (Å²) in [5, 5.41) is 71.4. The van der Waals surface area contributed by atoms with Gasteiger partial charge < -0.3 is 114 Å². The van der Waals surface area contributed by atoms with Gasteiger partial charge in [0.15, 0.2) is 54.1 Å². The second-order valence-electron chi connectivity index (χ2n) is 25.4. The Hall–Kier alpha value is -8.61. The third-order valence-electron chi connectivity index (χ3n) is 18.1. The van der Waals surface area contributed by atoms with Gasteiger partial charge in [-0.05, 0) is 30.2 Å². The van der Waals surface area contributed by atoms with E-state index in [1.54, 1.807) is 30.3 Å². The molecule has 0 aliphatic carbocycles. The van der Waals surface area contributed by atoms with Crippen molar-refractivity contribution < 1.29 is 133 Å². The monoisotopic (exact) mass is 1660 g/mol. The van der Waals surface area contributed by atoms with Gasteiger partial charge >= 0.3 is 48.4 Å². The van der Waals surface area contributed by atoms with Gasteiger partial charge in [0.05, 0.1) is 57.8 Å². The number of fused-ring (bicyclic) bond motifs is 2. The Labute approximate surface area is 624 Å². The minimum absolute atomic E-state index is 0.0113. The highest BCUT2D eigenvalue weighted by Crippen LogP contribution is 2.55. The van der Waals surface area contributed by atoms with Gasteiger partial charge in [0.1, 0.15) is 127 Å². The first kappa shape index (κ1) is 81.4. The quantitative estimate of drug-likeness (QED) is 0.0186. The first-order valence-corrected chi connectivity index (χ1v) is 39.0. The second kappa shape index (κ2) is 32.7. The number of nitrogens with one attached hydrogen (secondary N) is 1. The zero-order chi connectivity index (χ0) is 80.2. The highest BCUT2D eigenvalue weighted by Gasteiger charge is 2.57. The number of nitrogens with zero attached hydrogens (tertiary/aromatic N) is 14. The summed E-state index contributed by atoms with van der Waals surface area (Å²) in [6.45, 7) is -6.00. The van der Waals surface area contributed by atoms with Crippen LogP contribution in [0.3, 0.4) is 0 Å². The third kappa shape index (κ3) is 17.4. The van der Waals surface area contributed by atoms with Gasteiger partial charge in [0, 0.05) is 18.6 Å². The van der Waals surface area contributed by atoms with Gasteiger partial charge in [-0.15, -0.1) is 0 Å². The standard InChI is InChI=1S/C56H71N21O31P4/c57-23(12-22-4-2-1-3-5-22)48(84)72-32-25(101-49(35(32)79)76-20-67-33-44(61)63-18-65-46(33)76)14-96-109(88,89)106-41-26(102-51(37(41)81)74-10-7-30(59)70-55(74)86)15-98-111(92,93)107-42-27(103-52(38(42)82)75-11-8-31(60)71-56(75)87)16-99-112(94,95)108-43-28(104-53(39(43)83)77-21-68-34-45(62)64-19-66-47(34)77)17-97-110(90,91)105-40-24(13-78)100-50(36(40)80)73-9-6-29(58)69-54(73)85/h1-11,18-21,23-28,32,35-43,49-53,78-83H,12-17,57H2,(H,72,84)(H,88,89)(H,90,91)(H,92,93)(H,94,95)(H2,58,69,85)(H2,59,70,86)(H2,60,71,87)(H2,61,63,65)(H2,62,64,66)/t23?,24-,25-,26-,27-,28-,32-,35-,36-,37-,38-,39-,40-,41-,42-,43-,49-,50-,51-,52-,53-/m1/s1. The van der Waals surface area contributed by atoms with Crippen LogP contribution in [0.15, 0.2) is 107 Å². The number of phosphoric acid groups is 4. The van der Waals surface area contributed by atoms with Gasteiger partial charge in [-0.2, -0.15) is 15.0 Å². The van der Waals surface area contributed by atoms with Crippen LogP contribution in [0.2, 0.25) is 0 Å². The SMILES string of the molecule is Nc1ccn([C@@H]2O[C@H](CO)[C@@H](OP(=O)(O)OC[C@H]3O[C@@H](n4cnc5c(N)ncnc54)[C@H](O)[C@@H]3OP(=O)(O)OC[C@H]3O[C@@H](n4ccc(N)nc4=O)[C@H](O)[C@@H]3OP(=O)(O)OC[C@H]3O[C@@H](n4ccc(N)nc4=O)[C@H](O)[C@@H]3OP(=O)(O)OC[C@H]3O[C@@H](n4cnc5c(N)ncnc54)[C@H](O)[C@@H]3NC(=O)C(N)Cc3ccccc3)[C@H]2O)c(=O)n1. The summed E-state index contributed by atoms with van der Waals surface area (Å²) in [5.41, 5.74) is 32.5. The summed E-state index contributed by atoms with van der Waals surface area (Å²) in [6.07, 6.45) is -30.3. The zero-order valence-electron chi connectivity index (χ0n) is 57.1. The maximum atomic E-state index is 14.4. The van der Waals surface area contributed by atoms with Gasteiger partial charge in [-0.1, -0.05) is 30.3 Å². The van der Waals surface area contributed by atoms with Crippen molar-refractivity contribution in [2.45, 2.75) is 135 Å². The predicted molar refractivity (Wildman–Crippen MR) is 368 cm³/mol. The minimum Gasteiger partial charge on any atom is -0.394 e. The van der Waals surface area contributed by atoms with E-state index >= 15 is 0 Å². The number of anilines is 5.